The van der Waals surface area contributed by atoms with Crippen molar-refractivity contribution < 1.29 is 4.79 Å². The summed E-state index contributed by atoms with van der Waals surface area (Å²) in [6, 6.07) is 9.61. The van der Waals surface area contributed by atoms with E-state index in [1.165, 1.54) is 6.08 Å². The van der Waals surface area contributed by atoms with Gasteiger partial charge in [0.25, 0.3) is 0 Å². The topological polar surface area (TPSA) is 59.8 Å². The molecular weight excluding hydrogens is 356 g/mol. The van der Waals surface area contributed by atoms with Crippen molar-refractivity contribution in [3.8, 4) is 0 Å². The first-order chi connectivity index (χ1) is 11.0. The molecule has 116 valence electrons. The highest BCUT2D eigenvalue weighted by atomic mass is 79.9. The molecule has 2 aromatic heterocycles. The molecule has 0 aliphatic rings. The van der Waals surface area contributed by atoms with Crippen LogP contribution in [0.3, 0.4) is 0 Å². The van der Waals surface area contributed by atoms with Crippen LogP contribution in [-0.2, 0) is 11.8 Å². The number of rotatable bonds is 3. The molecule has 3 aromatic rings. The van der Waals surface area contributed by atoms with Gasteiger partial charge in [0.05, 0.1) is 17.6 Å². The third-order valence-electron chi connectivity index (χ3n) is 3.43. The van der Waals surface area contributed by atoms with Gasteiger partial charge in [0.2, 0.25) is 5.91 Å². The standard InChI is InChI=1S/C17H15BrN4O/c1-11-15-9-14(10-19-17(15)22(2)21-11)20-16(23)8-5-12-3-6-13(18)7-4-12/h3-10H,1-2H3,(H,20,23). The molecule has 1 N–H and O–H groups in total. The van der Waals surface area contributed by atoms with Crippen molar-refractivity contribution in [1.82, 2.24) is 14.8 Å². The fourth-order valence-electron chi connectivity index (χ4n) is 2.31. The fourth-order valence-corrected chi connectivity index (χ4v) is 2.57. The maximum Gasteiger partial charge on any atom is 0.248 e. The number of hydrogen-bond acceptors (Lipinski definition) is 3. The van der Waals surface area contributed by atoms with E-state index in [0.29, 0.717) is 5.69 Å². The molecule has 0 saturated carbocycles. The zero-order valence-corrected chi connectivity index (χ0v) is 14.3. The van der Waals surface area contributed by atoms with Crippen LogP contribution in [0.4, 0.5) is 5.69 Å². The molecule has 2 heterocycles. The quantitative estimate of drug-likeness (QED) is 0.715. The second-order valence-electron chi connectivity index (χ2n) is 5.18. The normalized spacial score (nSPS) is 11.3. The van der Waals surface area contributed by atoms with Crippen molar-refractivity contribution in [3.05, 3.63) is 58.3 Å². The minimum atomic E-state index is -0.199. The SMILES string of the molecule is Cc1nn(C)c2ncc(NC(=O)C=Cc3ccc(Br)cc3)cc12. The monoisotopic (exact) mass is 370 g/mol. The summed E-state index contributed by atoms with van der Waals surface area (Å²) in [5.41, 5.74) is 3.29. The van der Waals surface area contributed by atoms with Gasteiger partial charge in [-0.2, -0.15) is 5.10 Å². The summed E-state index contributed by atoms with van der Waals surface area (Å²) in [5, 5.41) is 8.07. The predicted molar refractivity (Wildman–Crippen MR) is 95.1 cm³/mol. The van der Waals surface area contributed by atoms with Gasteiger partial charge in [-0.1, -0.05) is 28.1 Å². The molecule has 0 bridgehead atoms. The fraction of sp³-hybridized carbons (Fsp3) is 0.118. The van der Waals surface area contributed by atoms with Crippen LogP contribution < -0.4 is 5.32 Å². The summed E-state index contributed by atoms with van der Waals surface area (Å²) in [5.74, 6) is -0.199. The molecule has 1 amide bonds. The maximum absolute atomic E-state index is 12.0. The predicted octanol–water partition coefficient (Wildman–Crippen LogP) is 3.69. The van der Waals surface area contributed by atoms with Gasteiger partial charge >= 0.3 is 0 Å². The number of pyridine rings is 1. The number of amides is 1. The largest absolute Gasteiger partial charge is 0.321 e. The van der Waals surface area contributed by atoms with Crippen LogP contribution in [0.15, 0.2) is 47.1 Å². The minimum Gasteiger partial charge on any atom is -0.321 e. The third-order valence-corrected chi connectivity index (χ3v) is 3.96. The van der Waals surface area contributed by atoms with E-state index in [1.807, 2.05) is 44.3 Å². The van der Waals surface area contributed by atoms with Crippen LogP contribution in [0.1, 0.15) is 11.3 Å². The molecule has 0 aliphatic carbocycles. The smallest absolute Gasteiger partial charge is 0.248 e. The van der Waals surface area contributed by atoms with E-state index in [-0.39, 0.29) is 5.91 Å². The van der Waals surface area contributed by atoms with Crippen LogP contribution in [0.5, 0.6) is 0 Å². The van der Waals surface area contributed by atoms with Crippen LogP contribution in [0, 0.1) is 6.92 Å². The molecule has 0 atom stereocenters. The number of nitrogens with zero attached hydrogens (tertiary/aromatic N) is 3. The van der Waals surface area contributed by atoms with E-state index in [4.69, 9.17) is 0 Å². The molecule has 1 aromatic carbocycles. The molecule has 0 aliphatic heterocycles. The Morgan fingerprint density at radius 3 is 2.78 bits per heavy atom. The number of aryl methyl sites for hydroxylation is 2. The Morgan fingerprint density at radius 2 is 2.04 bits per heavy atom. The Kier molecular flexibility index (Phi) is 4.25. The lowest BCUT2D eigenvalue weighted by Gasteiger charge is -2.02. The van der Waals surface area contributed by atoms with Crippen molar-refractivity contribution in [2.45, 2.75) is 6.92 Å². The van der Waals surface area contributed by atoms with Crippen LogP contribution in [-0.4, -0.2) is 20.7 Å². The number of benzene rings is 1. The van der Waals surface area contributed by atoms with Gasteiger partial charge in [-0.25, -0.2) is 4.98 Å². The van der Waals surface area contributed by atoms with E-state index >= 15 is 0 Å². The molecule has 6 heteroatoms. The van der Waals surface area contributed by atoms with Gasteiger partial charge in [-0.05, 0) is 36.8 Å². The van der Waals surface area contributed by atoms with Gasteiger partial charge in [0, 0.05) is 23.0 Å². The lowest BCUT2D eigenvalue weighted by molar-refractivity contribution is -0.111. The summed E-state index contributed by atoms with van der Waals surface area (Å²) in [6.07, 6.45) is 4.90. The van der Waals surface area contributed by atoms with Gasteiger partial charge in [-0.3, -0.25) is 9.48 Å². The maximum atomic E-state index is 12.0. The van der Waals surface area contributed by atoms with Gasteiger partial charge in [0.1, 0.15) is 0 Å². The van der Waals surface area contributed by atoms with Crippen LogP contribution in [0.2, 0.25) is 0 Å². The van der Waals surface area contributed by atoms with Gasteiger partial charge in [-0.15, -0.1) is 0 Å². The highest BCUT2D eigenvalue weighted by Gasteiger charge is 2.07. The van der Waals surface area contributed by atoms with Crippen molar-refractivity contribution in [2.24, 2.45) is 7.05 Å². The van der Waals surface area contributed by atoms with E-state index in [1.54, 1.807) is 17.0 Å². The van der Waals surface area contributed by atoms with Crippen molar-refractivity contribution in [2.75, 3.05) is 5.32 Å². The summed E-state index contributed by atoms with van der Waals surface area (Å²) < 4.78 is 2.73. The molecule has 0 unspecified atom stereocenters. The van der Waals surface area contributed by atoms with E-state index in [0.717, 1.165) is 26.8 Å². The molecule has 0 fully saturated rings. The zero-order valence-electron chi connectivity index (χ0n) is 12.7. The van der Waals surface area contributed by atoms with E-state index < -0.39 is 0 Å². The molecule has 0 radical (unpaired) electrons. The number of aromatic nitrogens is 3. The number of fused-ring (bicyclic) bond motifs is 1. The highest BCUT2D eigenvalue weighted by Crippen LogP contribution is 2.19. The minimum absolute atomic E-state index is 0.199. The van der Waals surface area contributed by atoms with E-state index in [2.05, 4.69) is 31.3 Å². The first-order valence-electron chi connectivity index (χ1n) is 7.07. The number of halogens is 1. The average molecular weight is 371 g/mol. The van der Waals surface area contributed by atoms with Gasteiger partial charge in [0.15, 0.2) is 5.65 Å². The third kappa shape index (κ3) is 3.48. The number of carbonyl (C=O) groups is 1. The molecule has 3 rings (SSSR count). The number of hydrogen-bond donors (Lipinski definition) is 1. The Labute approximate surface area is 142 Å². The Hall–Kier alpha value is -2.47. The van der Waals surface area contributed by atoms with Crippen molar-refractivity contribution >= 4 is 44.6 Å². The number of nitrogens with one attached hydrogen (secondary N) is 1. The summed E-state index contributed by atoms with van der Waals surface area (Å²) in [6.45, 7) is 1.92. The molecule has 23 heavy (non-hydrogen) atoms. The molecule has 0 saturated heterocycles. The Bertz CT molecular complexity index is 897. The summed E-state index contributed by atoms with van der Waals surface area (Å²) in [7, 11) is 1.85. The average Bonchev–Trinajstić information content (AvgIpc) is 2.81. The first-order valence-corrected chi connectivity index (χ1v) is 7.86. The lowest BCUT2D eigenvalue weighted by atomic mass is 10.2. The molecule has 0 spiro atoms. The summed E-state index contributed by atoms with van der Waals surface area (Å²) >= 11 is 3.38. The zero-order chi connectivity index (χ0) is 16.4. The van der Waals surface area contributed by atoms with Crippen LogP contribution >= 0.6 is 15.9 Å². The summed E-state index contributed by atoms with van der Waals surface area (Å²) in [4.78, 5) is 16.4. The van der Waals surface area contributed by atoms with Crippen molar-refractivity contribution in [3.63, 3.8) is 0 Å². The molecular formula is C17H15BrN4O. The van der Waals surface area contributed by atoms with E-state index in [9.17, 15) is 4.79 Å². The van der Waals surface area contributed by atoms with Crippen molar-refractivity contribution in [1.29, 1.82) is 0 Å². The number of carbonyl (C=O) groups excluding carboxylic acids is 1. The second-order valence-corrected chi connectivity index (χ2v) is 6.09. The first kappa shape index (κ1) is 15.4. The Morgan fingerprint density at radius 1 is 1.30 bits per heavy atom. The van der Waals surface area contributed by atoms with Gasteiger partial charge < -0.3 is 5.32 Å². The lowest BCUT2D eigenvalue weighted by Crippen LogP contribution is -2.08. The molecule has 5 nitrogen and oxygen atoms in total. The highest BCUT2D eigenvalue weighted by molar-refractivity contribution is 9.10. The second kappa shape index (κ2) is 6.34. The number of anilines is 1. The van der Waals surface area contributed by atoms with Crippen LogP contribution in [0.25, 0.3) is 17.1 Å². The Balaban J connectivity index is 1.74.